The molecule has 6 heteroatoms. The predicted molar refractivity (Wildman–Crippen MR) is 292 cm³/mol. The molecule has 0 aromatic rings. The van der Waals surface area contributed by atoms with E-state index in [0.717, 1.165) is 57.8 Å². The van der Waals surface area contributed by atoms with Crippen LogP contribution in [0.25, 0.3) is 0 Å². The maximum atomic E-state index is 12.4. The van der Waals surface area contributed by atoms with Gasteiger partial charge in [0.15, 0.2) is 0 Å². The second kappa shape index (κ2) is 56.7. The molecular weight excluding hydrogens is 827 g/mol. The van der Waals surface area contributed by atoms with E-state index in [4.69, 9.17) is 4.74 Å². The predicted octanol–water partition coefficient (Wildman–Crippen LogP) is 18.4. The van der Waals surface area contributed by atoms with Crippen LogP contribution in [0.2, 0.25) is 0 Å². The van der Waals surface area contributed by atoms with E-state index >= 15 is 0 Å². The number of nitrogens with one attached hydrogen (secondary N) is 1. The third kappa shape index (κ3) is 53.3. The van der Waals surface area contributed by atoms with Crippen molar-refractivity contribution < 1.29 is 24.5 Å². The van der Waals surface area contributed by atoms with Crippen molar-refractivity contribution >= 4 is 11.9 Å². The average Bonchev–Trinajstić information content (AvgIpc) is 3.33. The molecule has 0 aliphatic heterocycles. The molecule has 3 N–H and O–H groups in total. The van der Waals surface area contributed by atoms with Gasteiger partial charge in [0.25, 0.3) is 0 Å². The summed E-state index contributed by atoms with van der Waals surface area (Å²) < 4.78 is 5.48. The Bertz CT molecular complexity index is 1090. The van der Waals surface area contributed by atoms with Crippen LogP contribution >= 0.6 is 0 Å². The van der Waals surface area contributed by atoms with Gasteiger partial charge in [-0.1, -0.05) is 256 Å². The van der Waals surface area contributed by atoms with Crippen molar-refractivity contribution in [3.05, 3.63) is 36.5 Å². The molecule has 0 fully saturated rings. The van der Waals surface area contributed by atoms with Crippen molar-refractivity contribution in [3.63, 3.8) is 0 Å². The van der Waals surface area contributed by atoms with Crippen LogP contribution < -0.4 is 5.32 Å². The van der Waals surface area contributed by atoms with E-state index in [9.17, 15) is 19.8 Å². The van der Waals surface area contributed by atoms with Crippen molar-refractivity contribution in [2.75, 3.05) is 13.2 Å². The van der Waals surface area contributed by atoms with E-state index in [2.05, 4.69) is 43.5 Å². The zero-order valence-corrected chi connectivity index (χ0v) is 44.9. The molecule has 6 nitrogen and oxygen atoms in total. The zero-order chi connectivity index (χ0) is 48.6. The Kier molecular flexibility index (Phi) is 55.0. The van der Waals surface area contributed by atoms with Crippen LogP contribution in [0.15, 0.2) is 36.5 Å². The third-order valence-electron chi connectivity index (χ3n) is 13.6. The minimum absolute atomic E-state index is 0.00330. The highest BCUT2D eigenvalue weighted by molar-refractivity contribution is 5.76. The van der Waals surface area contributed by atoms with E-state index in [1.54, 1.807) is 6.08 Å². The summed E-state index contributed by atoms with van der Waals surface area (Å²) in [6, 6.07) is -0.637. The maximum Gasteiger partial charge on any atom is 0.305 e. The molecule has 0 aliphatic rings. The van der Waals surface area contributed by atoms with Crippen LogP contribution in [0.3, 0.4) is 0 Å². The van der Waals surface area contributed by atoms with Gasteiger partial charge < -0.3 is 20.3 Å². The monoisotopic (exact) mass is 942 g/mol. The Morgan fingerprint density at radius 3 is 1.06 bits per heavy atom. The first-order valence-electron chi connectivity index (χ1n) is 29.8. The Balaban J connectivity index is 3.46. The summed E-state index contributed by atoms with van der Waals surface area (Å²) in [5.41, 5.74) is 0. The number of ether oxygens (including phenoxy) is 1. The lowest BCUT2D eigenvalue weighted by atomic mass is 10.0. The quantitative estimate of drug-likeness (QED) is 0.0321. The number of allylic oxidation sites excluding steroid dienone is 5. The minimum Gasteiger partial charge on any atom is -0.466 e. The van der Waals surface area contributed by atoms with E-state index < -0.39 is 12.1 Å². The van der Waals surface area contributed by atoms with Crippen molar-refractivity contribution in [2.24, 2.45) is 0 Å². The third-order valence-corrected chi connectivity index (χ3v) is 13.6. The topological polar surface area (TPSA) is 95.9 Å². The Morgan fingerprint density at radius 1 is 0.403 bits per heavy atom. The number of amides is 1. The fourth-order valence-electron chi connectivity index (χ4n) is 9.03. The first-order chi connectivity index (χ1) is 33.0. The van der Waals surface area contributed by atoms with Gasteiger partial charge in [0.2, 0.25) is 5.91 Å². The summed E-state index contributed by atoms with van der Waals surface area (Å²) in [6.45, 7) is 4.88. The van der Waals surface area contributed by atoms with E-state index in [1.165, 1.54) is 231 Å². The standard InChI is InChI=1S/C61H115NO5/c1-3-5-7-9-11-13-15-17-19-20-21-24-27-31-35-39-43-47-51-55-61(66)67-56-52-48-44-40-36-32-28-25-22-23-26-30-34-38-42-46-50-54-60(65)62-58(57-63)59(64)53-49-45-41-37-33-29-18-16-14-12-10-8-6-4-2/h17,19,22,25,49,53,58-59,63-64H,3-16,18,20-21,23-24,26-48,50-52,54-57H2,1-2H3,(H,62,65)/b19-17-,25-22-,53-49+. The molecule has 67 heavy (non-hydrogen) atoms. The fourth-order valence-corrected chi connectivity index (χ4v) is 9.03. The number of unbranched alkanes of at least 4 members (excludes halogenated alkanes) is 40. The number of hydrogen-bond donors (Lipinski definition) is 3. The molecule has 0 saturated carbocycles. The van der Waals surface area contributed by atoms with Gasteiger partial charge >= 0.3 is 5.97 Å². The molecule has 1 amide bonds. The largest absolute Gasteiger partial charge is 0.466 e. The SMILES string of the molecule is CCCCCCCC/C=C\CCCCCCCCCCCC(=O)OCCCCCCCC/C=C\CCCCCCCCCC(=O)NC(CO)C(O)/C=C/CCCCCCCCCCCCCC. The molecule has 0 rings (SSSR count). The molecule has 0 aromatic heterocycles. The first-order valence-corrected chi connectivity index (χ1v) is 29.8. The first kappa shape index (κ1) is 65.1. The van der Waals surface area contributed by atoms with Crippen molar-refractivity contribution in [1.82, 2.24) is 5.32 Å². The van der Waals surface area contributed by atoms with Gasteiger partial charge in [0.1, 0.15) is 0 Å². The molecule has 0 saturated heterocycles. The summed E-state index contributed by atoms with van der Waals surface area (Å²) >= 11 is 0. The number of aliphatic hydroxyl groups is 2. The molecule has 0 bridgehead atoms. The zero-order valence-electron chi connectivity index (χ0n) is 44.9. The molecule has 0 heterocycles. The number of aliphatic hydroxyl groups excluding tert-OH is 2. The fraction of sp³-hybridized carbons (Fsp3) is 0.869. The van der Waals surface area contributed by atoms with Crippen LogP contribution in [-0.4, -0.2) is 47.4 Å². The van der Waals surface area contributed by atoms with E-state index in [1.807, 2.05) is 6.08 Å². The minimum atomic E-state index is -0.852. The Labute approximate surface area is 417 Å². The number of rotatable bonds is 55. The lowest BCUT2D eigenvalue weighted by Gasteiger charge is -2.20. The second-order valence-electron chi connectivity index (χ2n) is 20.3. The van der Waals surface area contributed by atoms with Gasteiger partial charge in [-0.2, -0.15) is 0 Å². The summed E-state index contributed by atoms with van der Waals surface area (Å²) in [4.78, 5) is 24.5. The lowest BCUT2D eigenvalue weighted by Crippen LogP contribution is -2.45. The smallest absolute Gasteiger partial charge is 0.305 e. The second-order valence-corrected chi connectivity index (χ2v) is 20.3. The van der Waals surface area contributed by atoms with Gasteiger partial charge in [-0.05, 0) is 83.5 Å². The molecule has 394 valence electrons. The number of esters is 1. The van der Waals surface area contributed by atoms with Gasteiger partial charge in [-0.25, -0.2) is 0 Å². The summed E-state index contributed by atoms with van der Waals surface area (Å²) in [7, 11) is 0. The van der Waals surface area contributed by atoms with Gasteiger partial charge in [-0.15, -0.1) is 0 Å². The molecule has 2 unspecified atom stereocenters. The van der Waals surface area contributed by atoms with Crippen LogP contribution in [0, 0.1) is 0 Å². The van der Waals surface area contributed by atoms with Crippen molar-refractivity contribution in [2.45, 2.75) is 328 Å². The van der Waals surface area contributed by atoms with Crippen molar-refractivity contribution in [3.8, 4) is 0 Å². The number of hydrogen-bond acceptors (Lipinski definition) is 5. The van der Waals surface area contributed by atoms with Crippen LogP contribution in [0.1, 0.15) is 316 Å². The highest BCUT2D eigenvalue weighted by Crippen LogP contribution is 2.16. The molecule has 0 spiro atoms. The lowest BCUT2D eigenvalue weighted by molar-refractivity contribution is -0.143. The van der Waals surface area contributed by atoms with Crippen LogP contribution in [0.4, 0.5) is 0 Å². The normalized spacial score (nSPS) is 12.8. The maximum absolute atomic E-state index is 12.4. The van der Waals surface area contributed by atoms with Gasteiger partial charge in [-0.3, -0.25) is 9.59 Å². The molecule has 0 aromatic carbocycles. The number of carbonyl (C=O) groups excluding carboxylic acids is 2. The molecule has 2 atom stereocenters. The Hall–Kier alpha value is -1.92. The summed E-state index contributed by atoms with van der Waals surface area (Å²) in [6.07, 6.45) is 70.2. The van der Waals surface area contributed by atoms with Crippen LogP contribution in [-0.2, 0) is 14.3 Å². The highest BCUT2D eigenvalue weighted by atomic mass is 16.5. The molecular formula is C61H115NO5. The summed E-state index contributed by atoms with van der Waals surface area (Å²) in [5.74, 6) is -0.0831. The summed E-state index contributed by atoms with van der Waals surface area (Å²) in [5, 5.41) is 23.1. The van der Waals surface area contributed by atoms with E-state index in [-0.39, 0.29) is 18.5 Å². The Morgan fingerprint density at radius 2 is 0.701 bits per heavy atom. The highest BCUT2D eigenvalue weighted by Gasteiger charge is 2.18. The van der Waals surface area contributed by atoms with E-state index in [0.29, 0.717) is 19.4 Å². The number of carbonyl (C=O) groups is 2. The van der Waals surface area contributed by atoms with Gasteiger partial charge in [0, 0.05) is 12.8 Å². The molecule has 0 radical (unpaired) electrons. The average molecular weight is 943 g/mol. The van der Waals surface area contributed by atoms with Gasteiger partial charge in [0.05, 0.1) is 25.4 Å². The van der Waals surface area contributed by atoms with Crippen LogP contribution in [0.5, 0.6) is 0 Å². The van der Waals surface area contributed by atoms with Crippen molar-refractivity contribution in [1.29, 1.82) is 0 Å². The molecule has 0 aliphatic carbocycles.